The lowest BCUT2D eigenvalue weighted by atomic mass is 9.87. The molecule has 2 N–H and O–H groups in total. The van der Waals surface area contributed by atoms with E-state index in [1.807, 2.05) is 31.2 Å². The Bertz CT molecular complexity index is 1770. The minimum atomic E-state index is -1.02. The predicted octanol–water partition coefficient (Wildman–Crippen LogP) is 4.39. The van der Waals surface area contributed by atoms with E-state index in [0.717, 1.165) is 55.1 Å². The highest BCUT2D eigenvalue weighted by Gasteiger charge is 2.45. The highest BCUT2D eigenvalue weighted by atomic mass is 19.1. The van der Waals surface area contributed by atoms with Crippen molar-refractivity contribution in [3.8, 4) is 5.75 Å². The third-order valence-corrected chi connectivity index (χ3v) is 10.1. The van der Waals surface area contributed by atoms with Crippen molar-refractivity contribution in [3.05, 3.63) is 96.6 Å². The smallest absolute Gasteiger partial charge is 0.228 e. The van der Waals surface area contributed by atoms with Crippen molar-refractivity contribution in [2.45, 2.75) is 57.3 Å². The summed E-state index contributed by atoms with van der Waals surface area (Å²) in [5.41, 5.74) is 2.34. The second-order valence-corrected chi connectivity index (χ2v) is 13.5. The Labute approximate surface area is 296 Å². The van der Waals surface area contributed by atoms with Crippen LogP contribution < -0.4 is 19.4 Å². The van der Waals surface area contributed by atoms with E-state index in [-0.39, 0.29) is 18.5 Å². The maximum atomic E-state index is 15.0. The van der Waals surface area contributed by atoms with E-state index < -0.39 is 29.7 Å². The van der Waals surface area contributed by atoms with Gasteiger partial charge in [-0.05, 0) is 74.4 Å². The van der Waals surface area contributed by atoms with Crippen LogP contribution in [-0.4, -0.2) is 94.2 Å². The van der Waals surface area contributed by atoms with Gasteiger partial charge in [-0.25, -0.2) is 23.5 Å². The van der Waals surface area contributed by atoms with Crippen LogP contribution in [0.4, 0.5) is 25.8 Å². The van der Waals surface area contributed by atoms with Crippen LogP contribution in [0.3, 0.4) is 0 Å². The van der Waals surface area contributed by atoms with Gasteiger partial charge in [-0.2, -0.15) is 10.2 Å². The standard InChI is InChI=1S/C37H44F2N8O4/c1-3-35(26(2)48)47-36(49)46(25-42-47)31-7-5-29(6-8-31)43-14-16-44(17-15-43)30-9-11-32(12-10-30)50-20-27-19-37(51-21-27,22-45-24-40-23-41-45)33-13-4-28(38)18-34(33)39/h4-13,18,23-27,35-36,48-49H,3,14-17,19-22H2,1-2H3. The molecule has 3 aliphatic rings. The minimum absolute atomic E-state index is 0.00784. The SMILES string of the molecule is CCC(C(C)O)N1N=CN(c2ccc(N3CCN(c4ccc(OCC5COC(Cn6cncn6)(c6ccc(F)cc6F)C5)cc4)CC3)cc2)C1O. The van der Waals surface area contributed by atoms with Crippen LogP contribution in [0, 0.1) is 17.6 Å². The molecule has 0 amide bonds. The van der Waals surface area contributed by atoms with Crippen molar-refractivity contribution in [2.75, 3.05) is 54.1 Å². The van der Waals surface area contributed by atoms with Crippen LogP contribution in [0.2, 0.25) is 0 Å². The summed E-state index contributed by atoms with van der Waals surface area (Å²) in [5.74, 6) is -0.547. The summed E-state index contributed by atoms with van der Waals surface area (Å²) in [5, 5.41) is 31.1. The van der Waals surface area contributed by atoms with Crippen molar-refractivity contribution < 1.29 is 28.5 Å². The van der Waals surface area contributed by atoms with E-state index in [0.29, 0.717) is 31.6 Å². The van der Waals surface area contributed by atoms with Gasteiger partial charge in [0, 0.05) is 60.8 Å². The highest BCUT2D eigenvalue weighted by Crippen LogP contribution is 2.42. The van der Waals surface area contributed by atoms with Gasteiger partial charge >= 0.3 is 0 Å². The Morgan fingerprint density at radius 2 is 1.63 bits per heavy atom. The van der Waals surface area contributed by atoms with Crippen molar-refractivity contribution in [1.82, 2.24) is 19.8 Å². The molecule has 14 heteroatoms. The van der Waals surface area contributed by atoms with E-state index in [9.17, 15) is 19.0 Å². The highest BCUT2D eigenvalue weighted by molar-refractivity contribution is 5.81. The number of anilines is 3. The summed E-state index contributed by atoms with van der Waals surface area (Å²) in [6, 6.07) is 19.5. The van der Waals surface area contributed by atoms with Gasteiger partial charge in [0.2, 0.25) is 6.35 Å². The average Bonchev–Trinajstić information content (AvgIpc) is 3.90. The van der Waals surface area contributed by atoms with Crippen LogP contribution in [0.1, 0.15) is 32.3 Å². The molecule has 0 saturated carbocycles. The van der Waals surface area contributed by atoms with Crippen molar-refractivity contribution in [3.63, 3.8) is 0 Å². The fourth-order valence-electron chi connectivity index (χ4n) is 7.38. The Morgan fingerprint density at radius 3 is 2.24 bits per heavy atom. The largest absolute Gasteiger partial charge is 0.493 e. The molecule has 2 saturated heterocycles. The molecule has 5 unspecified atom stereocenters. The lowest BCUT2D eigenvalue weighted by Gasteiger charge is -2.37. The van der Waals surface area contributed by atoms with Crippen LogP contribution in [0.5, 0.6) is 5.75 Å². The summed E-state index contributed by atoms with van der Waals surface area (Å²) in [7, 11) is 0. The molecule has 3 aromatic carbocycles. The second-order valence-electron chi connectivity index (χ2n) is 13.5. The molecule has 0 bridgehead atoms. The quantitative estimate of drug-likeness (QED) is 0.220. The first-order chi connectivity index (χ1) is 24.7. The zero-order chi connectivity index (χ0) is 35.5. The topological polar surface area (TPSA) is 115 Å². The van der Waals surface area contributed by atoms with E-state index in [2.05, 4.69) is 49.2 Å². The molecule has 4 aromatic rings. The number of ether oxygens (including phenoxy) is 2. The number of piperazine rings is 1. The third-order valence-electron chi connectivity index (χ3n) is 10.1. The molecule has 270 valence electrons. The number of aliphatic hydroxyl groups excluding tert-OH is 2. The molecule has 0 radical (unpaired) electrons. The zero-order valence-corrected chi connectivity index (χ0v) is 28.8. The number of aromatic nitrogens is 3. The van der Waals surface area contributed by atoms with Gasteiger partial charge in [0.05, 0.1) is 31.9 Å². The van der Waals surface area contributed by atoms with Crippen LogP contribution in [0.15, 0.2) is 84.5 Å². The van der Waals surface area contributed by atoms with E-state index >= 15 is 0 Å². The summed E-state index contributed by atoms with van der Waals surface area (Å²) < 4.78 is 42.7. The van der Waals surface area contributed by atoms with Crippen molar-refractivity contribution in [1.29, 1.82) is 0 Å². The monoisotopic (exact) mass is 702 g/mol. The average molecular weight is 703 g/mol. The normalized spacial score (nSPS) is 23.3. The van der Waals surface area contributed by atoms with Gasteiger partial charge in [-0.1, -0.05) is 13.0 Å². The Morgan fingerprint density at radius 1 is 0.961 bits per heavy atom. The number of hydrogen-bond acceptors (Lipinski definition) is 11. The first-order valence-electron chi connectivity index (χ1n) is 17.4. The van der Waals surface area contributed by atoms with Gasteiger partial charge in [0.15, 0.2) is 0 Å². The number of nitrogens with zero attached hydrogens (tertiary/aromatic N) is 8. The van der Waals surface area contributed by atoms with Crippen LogP contribution in [0.25, 0.3) is 0 Å². The number of halogens is 2. The fraction of sp³-hybridized carbons (Fsp3) is 0.432. The fourth-order valence-corrected chi connectivity index (χ4v) is 7.38. The molecule has 0 spiro atoms. The Balaban J connectivity index is 0.905. The van der Waals surface area contributed by atoms with Gasteiger partial charge in [0.25, 0.3) is 0 Å². The van der Waals surface area contributed by atoms with E-state index in [4.69, 9.17) is 9.47 Å². The molecule has 2 fully saturated rings. The first kappa shape index (κ1) is 34.6. The van der Waals surface area contributed by atoms with Crippen molar-refractivity contribution in [2.24, 2.45) is 11.0 Å². The molecule has 1 aromatic heterocycles. The van der Waals surface area contributed by atoms with E-state index in [1.54, 1.807) is 34.2 Å². The third kappa shape index (κ3) is 7.34. The number of rotatable bonds is 12. The second kappa shape index (κ2) is 14.8. The molecule has 7 rings (SSSR count). The number of aliphatic hydroxyl groups is 2. The molecule has 4 heterocycles. The minimum Gasteiger partial charge on any atom is -0.493 e. The van der Waals surface area contributed by atoms with Gasteiger partial charge in [-0.15, -0.1) is 0 Å². The summed E-state index contributed by atoms with van der Waals surface area (Å²) in [6.07, 6.45) is 4.14. The number of hydrazone groups is 1. The van der Waals surface area contributed by atoms with Crippen LogP contribution in [-0.2, 0) is 16.9 Å². The molecule has 51 heavy (non-hydrogen) atoms. The zero-order valence-electron chi connectivity index (χ0n) is 28.8. The molecule has 0 aliphatic carbocycles. The molecule has 5 atom stereocenters. The predicted molar refractivity (Wildman–Crippen MR) is 189 cm³/mol. The van der Waals surface area contributed by atoms with Crippen LogP contribution >= 0.6 is 0 Å². The summed E-state index contributed by atoms with van der Waals surface area (Å²) in [4.78, 5) is 10.4. The lowest BCUT2D eigenvalue weighted by Crippen LogP contribution is -2.48. The Kier molecular flexibility index (Phi) is 10.1. The molecular weight excluding hydrogens is 658 g/mol. The first-order valence-corrected chi connectivity index (χ1v) is 17.4. The maximum absolute atomic E-state index is 15.0. The molecule has 3 aliphatic heterocycles. The van der Waals surface area contributed by atoms with Gasteiger partial charge in [-0.3, -0.25) is 4.90 Å². The number of hydrogen-bond donors (Lipinski definition) is 2. The van der Waals surface area contributed by atoms with Gasteiger partial charge in [0.1, 0.15) is 42.0 Å². The number of benzene rings is 3. The summed E-state index contributed by atoms with van der Waals surface area (Å²) >= 11 is 0. The van der Waals surface area contributed by atoms with Gasteiger partial charge < -0.3 is 29.5 Å². The van der Waals surface area contributed by atoms with Crippen molar-refractivity contribution >= 4 is 23.4 Å². The van der Waals surface area contributed by atoms with E-state index in [1.165, 1.54) is 18.5 Å². The summed E-state index contributed by atoms with van der Waals surface area (Å²) in [6.45, 7) is 8.12. The lowest BCUT2D eigenvalue weighted by molar-refractivity contribution is -0.0425. The molecular formula is C37H44F2N8O4. The molecule has 12 nitrogen and oxygen atoms in total. The maximum Gasteiger partial charge on any atom is 0.228 e. The Hall–Kier alpha value is -4.79.